The van der Waals surface area contributed by atoms with E-state index in [1.165, 1.54) is 0 Å². The summed E-state index contributed by atoms with van der Waals surface area (Å²) in [7, 11) is -1.06. The van der Waals surface area contributed by atoms with Crippen molar-refractivity contribution in [2.24, 2.45) is 0 Å². The number of aromatic amines is 1. The van der Waals surface area contributed by atoms with Crippen LogP contribution >= 0.6 is 12.2 Å². The lowest BCUT2D eigenvalue weighted by atomic mass is 10.2. The van der Waals surface area contributed by atoms with E-state index in [2.05, 4.69) is 10.3 Å². The Hall–Kier alpha value is -2.25. The number of benzene rings is 2. The number of hydrogen-bond acceptors (Lipinski definition) is 4. The van der Waals surface area contributed by atoms with Gasteiger partial charge < -0.3 is 14.7 Å². The van der Waals surface area contributed by atoms with Crippen molar-refractivity contribution in [2.75, 3.05) is 11.6 Å². The van der Waals surface area contributed by atoms with Gasteiger partial charge >= 0.3 is 0 Å². The number of amides is 1. The van der Waals surface area contributed by atoms with Gasteiger partial charge in [0.05, 0.1) is 5.52 Å². The van der Waals surface area contributed by atoms with E-state index in [1.807, 2.05) is 0 Å². The minimum atomic E-state index is -1.06. The summed E-state index contributed by atoms with van der Waals surface area (Å²) in [4.78, 5) is 16.1. The summed E-state index contributed by atoms with van der Waals surface area (Å²) in [5.74, 6) is -0.248. The molecule has 0 aliphatic heterocycles. The maximum absolute atomic E-state index is 12.2. The van der Waals surface area contributed by atoms with Gasteiger partial charge in [0.2, 0.25) is 0 Å². The molecule has 0 spiro atoms. The minimum Gasteiger partial charge on any atom is -0.429 e. The lowest BCUT2D eigenvalue weighted by Gasteiger charge is -2.05. The van der Waals surface area contributed by atoms with Crippen molar-refractivity contribution in [3.05, 3.63) is 52.9 Å². The van der Waals surface area contributed by atoms with Crippen LogP contribution in [-0.2, 0) is 10.8 Å². The molecule has 2 N–H and O–H groups in total. The highest BCUT2D eigenvalue weighted by molar-refractivity contribution is 7.84. The fourth-order valence-corrected chi connectivity index (χ4v) is 2.74. The van der Waals surface area contributed by atoms with Gasteiger partial charge in [0.15, 0.2) is 5.58 Å². The van der Waals surface area contributed by atoms with E-state index in [0.717, 1.165) is 5.52 Å². The number of carbonyl (C=O) groups excluding carboxylic acids is 1. The summed E-state index contributed by atoms with van der Waals surface area (Å²) in [5.41, 5.74) is 2.46. The van der Waals surface area contributed by atoms with E-state index in [4.69, 9.17) is 16.6 Å². The number of rotatable bonds is 3. The molecule has 0 aliphatic rings. The Balaban J connectivity index is 1.82. The number of fused-ring (bicyclic) bond motifs is 1. The molecule has 7 heteroatoms. The van der Waals surface area contributed by atoms with E-state index in [-0.39, 0.29) is 5.91 Å². The molecule has 0 aliphatic carbocycles. The number of oxazole rings is 1. The largest absolute Gasteiger partial charge is 0.429 e. The maximum atomic E-state index is 12.2. The first-order valence-corrected chi connectivity index (χ1v) is 8.37. The third-order valence-corrected chi connectivity index (χ3v) is 4.25. The number of anilines is 1. The second-order valence-electron chi connectivity index (χ2n) is 4.66. The lowest BCUT2D eigenvalue weighted by molar-refractivity contribution is 0.102. The predicted octanol–water partition coefficient (Wildman–Crippen LogP) is 3.48. The van der Waals surface area contributed by atoms with Crippen LogP contribution in [0.4, 0.5) is 5.69 Å². The van der Waals surface area contributed by atoms with Crippen molar-refractivity contribution in [2.45, 2.75) is 4.90 Å². The van der Waals surface area contributed by atoms with Crippen molar-refractivity contribution in [1.29, 1.82) is 0 Å². The van der Waals surface area contributed by atoms with Gasteiger partial charge in [0.25, 0.3) is 10.7 Å². The molecule has 0 unspecified atom stereocenters. The topological polar surface area (TPSA) is 75.1 Å². The monoisotopic (exact) mass is 332 g/mol. The van der Waals surface area contributed by atoms with Gasteiger partial charge in [-0.25, -0.2) is 0 Å². The Labute approximate surface area is 133 Å². The van der Waals surface area contributed by atoms with Gasteiger partial charge in [0, 0.05) is 39.3 Å². The van der Waals surface area contributed by atoms with E-state index in [9.17, 15) is 9.00 Å². The average molecular weight is 332 g/mol. The molecule has 5 nitrogen and oxygen atoms in total. The second-order valence-corrected chi connectivity index (χ2v) is 6.41. The molecule has 1 amide bonds. The standard InChI is InChI=1S/C15H12N2O3S2/c1-22(19)11-5-2-9(3-6-11)14(18)16-10-4-7-12-13(8-10)20-15(21)17-12/h2-8H,1H3,(H,16,18)(H,17,21)/t22-/m0/s1. The summed E-state index contributed by atoms with van der Waals surface area (Å²) in [6.07, 6.45) is 1.60. The molecule has 0 saturated carbocycles. The molecule has 1 aromatic heterocycles. The van der Waals surface area contributed by atoms with Crippen LogP contribution in [0, 0.1) is 4.84 Å². The first kappa shape index (κ1) is 14.7. The van der Waals surface area contributed by atoms with E-state index >= 15 is 0 Å². The molecule has 112 valence electrons. The van der Waals surface area contributed by atoms with Gasteiger partial charge in [-0.1, -0.05) is 0 Å². The first-order valence-electron chi connectivity index (χ1n) is 6.40. The number of aromatic nitrogens is 1. The summed E-state index contributed by atoms with van der Waals surface area (Å²) < 4.78 is 16.6. The van der Waals surface area contributed by atoms with Gasteiger partial charge in [-0.3, -0.25) is 9.00 Å². The molecule has 0 fully saturated rings. The fraction of sp³-hybridized carbons (Fsp3) is 0.0667. The van der Waals surface area contributed by atoms with Crippen LogP contribution in [0.5, 0.6) is 0 Å². The SMILES string of the molecule is C[S@](=O)c1ccc(C(=O)Nc2ccc3[nH]c(=S)oc3c2)cc1. The normalized spacial score (nSPS) is 12.2. The fourth-order valence-electron chi connectivity index (χ4n) is 2.02. The highest BCUT2D eigenvalue weighted by atomic mass is 32.2. The molecule has 3 aromatic rings. The van der Waals surface area contributed by atoms with Crippen LogP contribution in [0.15, 0.2) is 51.8 Å². The Bertz CT molecular complexity index is 926. The average Bonchev–Trinajstić information content (AvgIpc) is 2.86. The molecule has 22 heavy (non-hydrogen) atoms. The molecule has 0 radical (unpaired) electrons. The second kappa shape index (κ2) is 5.86. The smallest absolute Gasteiger partial charge is 0.266 e. The third-order valence-electron chi connectivity index (χ3n) is 3.13. The van der Waals surface area contributed by atoms with Crippen LogP contribution < -0.4 is 5.32 Å². The van der Waals surface area contributed by atoms with Crippen molar-refractivity contribution >= 4 is 45.7 Å². The number of carbonyl (C=O) groups is 1. The molecule has 2 aromatic carbocycles. The molecule has 1 atom stereocenters. The van der Waals surface area contributed by atoms with E-state index in [0.29, 0.717) is 26.6 Å². The van der Waals surface area contributed by atoms with Gasteiger partial charge in [-0.2, -0.15) is 0 Å². The number of H-pyrrole nitrogens is 1. The molecule has 1 heterocycles. The van der Waals surface area contributed by atoms with Crippen molar-refractivity contribution in [3.63, 3.8) is 0 Å². The lowest BCUT2D eigenvalue weighted by Crippen LogP contribution is -2.11. The van der Waals surface area contributed by atoms with Crippen LogP contribution in [0.1, 0.15) is 10.4 Å². The zero-order valence-electron chi connectivity index (χ0n) is 11.6. The molecule has 0 bridgehead atoms. The summed E-state index contributed by atoms with van der Waals surface area (Å²) in [6, 6.07) is 11.9. The summed E-state index contributed by atoms with van der Waals surface area (Å²) >= 11 is 4.92. The molecular formula is C15H12N2O3S2. The van der Waals surface area contributed by atoms with Crippen LogP contribution in [-0.4, -0.2) is 21.4 Å². The third kappa shape index (κ3) is 3.00. The van der Waals surface area contributed by atoms with Crippen LogP contribution in [0.3, 0.4) is 0 Å². The van der Waals surface area contributed by atoms with Gasteiger partial charge in [-0.15, -0.1) is 0 Å². The first-order chi connectivity index (χ1) is 10.5. The van der Waals surface area contributed by atoms with E-state index in [1.54, 1.807) is 48.7 Å². The Morgan fingerprint density at radius 1 is 1.23 bits per heavy atom. The molecule has 0 saturated heterocycles. The van der Waals surface area contributed by atoms with Gasteiger partial charge in [-0.05, 0) is 48.6 Å². The minimum absolute atomic E-state index is 0.248. The molecular weight excluding hydrogens is 320 g/mol. The Morgan fingerprint density at radius 2 is 1.95 bits per heavy atom. The summed E-state index contributed by atoms with van der Waals surface area (Å²) in [5, 5.41) is 2.79. The maximum Gasteiger partial charge on any atom is 0.266 e. The highest BCUT2D eigenvalue weighted by Gasteiger charge is 2.08. The summed E-state index contributed by atoms with van der Waals surface area (Å²) in [6.45, 7) is 0. The Morgan fingerprint density at radius 3 is 2.64 bits per heavy atom. The van der Waals surface area contributed by atoms with Crippen molar-refractivity contribution in [1.82, 2.24) is 4.98 Å². The van der Waals surface area contributed by atoms with Crippen molar-refractivity contribution in [3.8, 4) is 0 Å². The highest BCUT2D eigenvalue weighted by Crippen LogP contribution is 2.19. The number of hydrogen-bond donors (Lipinski definition) is 2. The molecule has 3 rings (SSSR count). The zero-order chi connectivity index (χ0) is 15.7. The zero-order valence-corrected chi connectivity index (χ0v) is 13.2. The predicted molar refractivity (Wildman–Crippen MR) is 88.1 cm³/mol. The van der Waals surface area contributed by atoms with Crippen LogP contribution in [0.25, 0.3) is 11.1 Å². The van der Waals surface area contributed by atoms with E-state index < -0.39 is 10.8 Å². The quantitative estimate of drug-likeness (QED) is 0.720. The van der Waals surface area contributed by atoms with Crippen LogP contribution in [0.2, 0.25) is 0 Å². The van der Waals surface area contributed by atoms with Gasteiger partial charge in [0.1, 0.15) is 0 Å². The number of nitrogens with one attached hydrogen (secondary N) is 2. The van der Waals surface area contributed by atoms with Crippen molar-refractivity contribution < 1.29 is 13.4 Å². The Kier molecular flexibility index (Phi) is 3.91.